The second-order valence-electron chi connectivity index (χ2n) is 6.33. The summed E-state index contributed by atoms with van der Waals surface area (Å²) in [5.74, 6) is 1.56. The molecule has 0 aliphatic carbocycles. The Balaban J connectivity index is 1.47. The predicted octanol–water partition coefficient (Wildman–Crippen LogP) is 4.59. The Hall–Kier alpha value is -1.92. The lowest BCUT2D eigenvalue weighted by atomic mass is 10.1. The Morgan fingerprint density at radius 3 is 2.41 bits per heavy atom. The summed E-state index contributed by atoms with van der Waals surface area (Å²) in [4.78, 5) is 24.2. The van der Waals surface area contributed by atoms with Crippen LogP contribution in [0.15, 0.2) is 54.6 Å². The standard InChI is InChI=1S/C21H23NO3S2/c1-15(16-6-3-2-4-7-16)22-19(23)14-25-20(24)17-8-10-18(11-9-17)21-26-12-5-13-27-21/h2-4,6-11,15,21H,5,12-14H2,1H3,(H,22,23)/t15-/m0/s1. The minimum absolute atomic E-state index is 0.137. The minimum atomic E-state index is -0.479. The molecule has 27 heavy (non-hydrogen) atoms. The van der Waals surface area contributed by atoms with Crippen LogP contribution in [0, 0.1) is 0 Å². The minimum Gasteiger partial charge on any atom is -0.452 e. The van der Waals surface area contributed by atoms with Crippen molar-refractivity contribution < 1.29 is 14.3 Å². The molecule has 1 aliphatic heterocycles. The van der Waals surface area contributed by atoms with E-state index >= 15 is 0 Å². The fourth-order valence-corrected chi connectivity index (χ4v) is 5.67. The van der Waals surface area contributed by atoms with Gasteiger partial charge in [-0.1, -0.05) is 42.5 Å². The van der Waals surface area contributed by atoms with Crippen LogP contribution in [0.5, 0.6) is 0 Å². The first-order valence-corrected chi connectivity index (χ1v) is 11.1. The zero-order chi connectivity index (χ0) is 19.1. The number of esters is 1. The van der Waals surface area contributed by atoms with Gasteiger partial charge in [-0.2, -0.15) is 0 Å². The third-order valence-corrected chi connectivity index (χ3v) is 7.27. The summed E-state index contributed by atoms with van der Waals surface area (Å²) in [6.45, 7) is 1.61. The number of nitrogens with one attached hydrogen (secondary N) is 1. The van der Waals surface area contributed by atoms with Crippen LogP contribution in [-0.2, 0) is 9.53 Å². The van der Waals surface area contributed by atoms with Crippen molar-refractivity contribution in [3.63, 3.8) is 0 Å². The zero-order valence-electron chi connectivity index (χ0n) is 15.2. The van der Waals surface area contributed by atoms with Crippen molar-refractivity contribution in [1.82, 2.24) is 5.32 Å². The average Bonchev–Trinajstić information content (AvgIpc) is 2.73. The number of hydrogen-bond acceptors (Lipinski definition) is 5. The van der Waals surface area contributed by atoms with Gasteiger partial charge in [0.1, 0.15) is 0 Å². The maximum absolute atomic E-state index is 12.2. The van der Waals surface area contributed by atoms with Gasteiger partial charge in [-0.25, -0.2) is 4.79 Å². The monoisotopic (exact) mass is 401 g/mol. The quantitative estimate of drug-likeness (QED) is 0.718. The van der Waals surface area contributed by atoms with E-state index in [9.17, 15) is 9.59 Å². The largest absolute Gasteiger partial charge is 0.452 e. The fourth-order valence-electron chi connectivity index (χ4n) is 2.78. The van der Waals surface area contributed by atoms with E-state index in [0.29, 0.717) is 10.1 Å². The van der Waals surface area contributed by atoms with Crippen molar-refractivity contribution in [2.75, 3.05) is 18.1 Å². The molecule has 0 radical (unpaired) electrons. The maximum Gasteiger partial charge on any atom is 0.338 e. The summed E-state index contributed by atoms with van der Waals surface area (Å²) in [6.07, 6.45) is 1.25. The second-order valence-corrected chi connectivity index (χ2v) is 9.05. The topological polar surface area (TPSA) is 55.4 Å². The van der Waals surface area contributed by atoms with Crippen molar-refractivity contribution in [1.29, 1.82) is 0 Å². The molecule has 6 heteroatoms. The number of amides is 1. The van der Waals surface area contributed by atoms with Gasteiger partial charge >= 0.3 is 5.97 Å². The summed E-state index contributed by atoms with van der Waals surface area (Å²) in [6, 6.07) is 17.0. The first kappa shape index (κ1) is 19.8. The highest BCUT2D eigenvalue weighted by molar-refractivity contribution is 8.16. The molecule has 2 aromatic carbocycles. The first-order valence-electron chi connectivity index (χ1n) is 8.98. The predicted molar refractivity (Wildman–Crippen MR) is 112 cm³/mol. The van der Waals surface area contributed by atoms with Crippen molar-refractivity contribution >= 4 is 35.4 Å². The van der Waals surface area contributed by atoms with Gasteiger partial charge in [0.2, 0.25) is 0 Å². The molecule has 1 fully saturated rings. The Morgan fingerprint density at radius 2 is 1.74 bits per heavy atom. The molecular formula is C21H23NO3S2. The van der Waals surface area contributed by atoms with Crippen molar-refractivity contribution in [3.8, 4) is 0 Å². The van der Waals surface area contributed by atoms with Crippen molar-refractivity contribution in [2.24, 2.45) is 0 Å². The molecule has 4 nitrogen and oxygen atoms in total. The highest BCUT2D eigenvalue weighted by atomic mass is 32.2. The third kappa shape index (κ3) is 5.78. The number of ether oxygens (including phenoxy) is 1. The van der Waals surface area contributed by atoms with Crippen LogP contribution in [-0.4, -0.2) is 30.0 Å². The Kier molecular flexibility index (Phi) is 7.24. The van der Waals surface area contributed by atoms with Gasteiger partial charge in [0.15, 0.2) is 6.61 Å². The average molecular weight is 402 g/mol. The molecule has 0 unspecified atom stereocenters. The van der Waals surface area contributed by atoms with Crippen LogP contribution < -0.4 is 5.32 Å². The molecule has 0 aromatic heterocycles. The van der Waals surface area contributed by atoms with Crippen LogP contribution in [0.3, 0.4) is 0 Å². The van der Waals surface area contributed by atoms with E-state index in [0.717, 1.165) is 5.56 Å². The molecule has 1 N–H and O–H groups in total. The van der Waals surface area contributed by atoms with E-state index in [1.54, 1.807) is 12.1 Å². The smallest absolute Gasteiger partial charge is 0.338 e. The van der Waals surface area contributed by atoms with Gasteiger partial charge in [-0.15, -0.1) is 23.5 Å². The van der Waals surface area contributed by atoms with Gasteiger partial charge in [0.25, 0.3) is 5.91 Å². The van der Waals surface area contributed by atoms with Crippen LogP contribution in [0.4, 0.5) is 0 Å². The van der Waals surface area contributed by atoms with Crippen LogP contribution in [0.1, 0.15) is 45.5 Å². The summed E-state index contributed by atoms with van der Waals surface area (Å²) >= 11 is 3.88. The number of benzene rings is 2. The lowest BCUT2D eigenvalue weighted by Gasteiger charge is -2.21. The van der Waals surface area contributed by atoms with E-state index in [4.69, 9.17) is 4.74 Å². The molecule has 1 amide bonds. The molecule has 1 saturated heterocycles. The normalized spacial score (nSPS) is 15.7. The van der Waals surface area contributed by atoms with Gasteiger partial charge < -0.3 is 10.1 Å². The molecule has 0 bridgehead atoms. The van der Waals surface area contributed by atoms with Crippen molar-refractivity contribution in [3.05, 3.63) is 71.3 Å². The van der Waals surface area contributed by atoms with Gasteiger partial charge in [-0.3, -0.25) is 4.79 Å². The van der Waals surface area contributed by atoms with E-state index in [1.165, 1.54) is 23.5 Å². The van der Waals surface area contributed by atoms with Gasteiger partial charge in [-0.05, 0) is 48.1 Å². The number of rotatable bonds is 6. The number of hydrogen-bond donors (Lipinski definition) is 1. The van der Waals surface area contributed by atoms with Gasteiger partial charge in [0.05, 0.1) is 16.2 Å². The number of carbonyl (C=O) groups excluding carboxylic acids is 2. The third-order valence-electron chi connectivity index (χ3n) is 4.26. The lowest BCUT2D eigenvalue weighted by molar-refractivity contribution is -0.124. The van der Waals surface area contributed by atoms with Crippen molar-refractivity contribution in [2.45, 2.75) is 24.0 Å². The Bertz CT molecular complexity index is 759. The molecule has 1 heterocycles. The summed E-state index contributed by atoms with van der Waals surface area (Å²) in [5, 5.41) is 2.83. The van der Waals surface area contributed by atoms with E-state index in [2.05, 4.69) is 5.32 Å². The van der Waals surface area contributed by atoms with Crippen LogP contribution >= 0.6 is 23.5 Å². The highest BCUT2D eigenvalue weighted by Gasteiger charge is 2.18. The fraction of sp³-hybridized carbons (Fsp3) is 0.333. The zero-order valence-corrected chi connectivity index (χ0v) is 16.9. The van der Waals surface area contributed by atoms with E-state index < -0.39 is 5.97 Å². The molecule has 1 aliphatic rings. The Morgan fingerprint density at radius 1 is 1.07 bits per heavy atom. The molecule has 2 aromatic rings. The highest BCUT2D eigenvalue weighted by Crippen LogP contribution is 2.43. The summed E-state index contributed by atoms with van der Waals surface area (Å²) in [5.41, 5.74) is 2.69. The Labute approximate surface area is 168 Å². The molecule has 0 saturated carbocycles. The van der Waals surface area contributed by atoms with E-state index in [1.807, 2.05) is 72.9 Å². The SMILES string of the molecule is C[C@H](NC(=O)COC(=O)c1ccc(C2SCCCS2)cc1)c1ccccc1. The molecule has 1 atom stereocenters. The lowest BCUT2D eigenvalue weighted by Crippen LogP contribution is -2.31. The molecular weight excluding hydrogens is 378 g/mol. The van der Waals surface area contributed by atoms with Crippen LogP contribution in [0.2, 0.25) is 0 Å². The molecule has 3 rings (SSSR count). The summed E-state index contributed by atoms with van der Waals surface area (Å²) in [7, 11) is 0. The second kappa shape index (κ2) is 9.85. The summed E-state index contributed by atoms with van der Waals surface area (Å²) < 4.78 is 5.59. The van der Waals surface area contributed by atoms with E-state index in [-0.39, 0.29) is 18.6 Å². The van der Waals surface area contributed by atoms with Gasteiger partial charge in [0, 0.05) is 0 Å². The number of thioether (sulfide) groups is 2. The maximum atomic E-state index is 12.2. The molecule has 142 valence electrons. The molecule has 0 spiro atoms. The van der Waals surface area contributed by atoms with Crippen LogP contribution in [0.25, 0.3) is 0 Å². The number of carbonyl (C=O) groups is 2. The first-order chi connectivity index (χ1) is 13.1.